The fourth-order valence-corrected chi connectivity index (χ4v) is 3.16. The summed E-state index contributed by atoms with van der Waals surface area (Å²) in [5.74, 6) is 2.05. The number of nitrogens with one attached hydrogen (secondary N) is 1. The molecule has 92 valence electrons. The second-order valence-corrected chi connectivity index (χ2v) is 5.52. The summed E-state index contributed by atoms with van der Waals surface area (Å²) in [5.41, 5.74) is 0. The number of thioether (sulfide) groups is 1. The lowest BCUT2D eigenvalue weighted by Gasteiger charge is -2.37. The maximum absolute atomic E-state index is 12.2. The topological polar surface area (TPSA) is 41.6 Å². The van der Waals surface area contributed by atoms with Crippen LogP contribution in [0.1, 0.15) is 20.3 Å². The van der Waals surface area contributed by atoms with Gasteiger partial charge < -0.3 is 9.64 Å². The molecule has 3 atom stereocenters. The van der Waals surface area contributed by atoms with Crippen molar-refractivity contribution in [1.29, 1.82) is 0 Å². The molecule has 0 aliphatic carbocycles. The molecule has 0 aromatic carbocycles. The van der Waals surface area contributed by atoms with Crippen molar-refractivity contribution in [1.82, 2.24) is 10.2 Å². The second kappa shape index (κ2) is 5.38. The minimum absolute atomic E-state index is 0.0211. The van der Waals surface area contributed by atoms with Gasteiger partial charge in [-0.05, 0) is 13.3 Å². The number of hydrogen-bond donors (Lipinski definition) is 1. The minimum atomic E-state index is 0.0211. The van der Waals surface area contributed by atoms with Gasteiger partial charge in [0.05, 0.1) is 18.2 Å². The SMILES string of the molecule is CCC1CN(C(=O)C2CSCN2)CC(C)O1. The highest BCUT2D eigenvalue weighted by atomic mass is 32.2. The first-order valence-corrected chi connectivity index (χ1v) is 7.11. The summed E-state index contributed by atoms with van der Waals surface area (Å²) in [4.78, 5) is 14.2. The van der Waals surface area contributed by atoms with Gasteiger partial charge in [-0.1, -0.05) is 6.92 Å². The van der Waals surface area contributed by atoms with Crippen molar-refractivity contribution in [2.75, 3.05) is 24.7 Å². The van der Waals surface area contributed by atoms with E-state index in [4.69, 9.17) is 4.74 Å². The van der Waals surface area contributed by atoms with Gasteiger partial charge in [-0.2, -0.15) is 0 Å². The molecule has 3 unspecified atom stereocenters. The molecule has 2 rings (SSSR count). The summed E-state index contributed by atoms with van der Waals surface area (Å²) in [6.45, 7) is 5.63. The van der Waals surface area contributed by atoms with E-state index >= 15 is 0 Å². The average Bonchev–Trinajstić information content (AvgIpc) is 2.80. The molecular formula is C11H20N2O2S. The summed E-state index contributed by atoms with van der Waals surface area (Å²) in [6.07, 6.45) is 1.35. The molecule has 2 heterocycles. The van der Waals surface area contributed by atoms with Crippen molar-refractivity contribution in [2.24, 2.45) is 0 Å². The van der Waals surface area contributed by atoms with E-state index in [9.17, 15) is 4.79 Å². The van der Waals surface area contributed by atoms with E-state index < -0.39 is 0 Å². The molecule has 0 bridgehead atoms. The molecule has 5 heteroatoms. The first kappa shape index (κ1) is 12.2. The largest absolute Gasteiger partial charge is 0.372 e. The maximum atomic E-state index is 12.2. The number of carbonyl (C=O) groups excluding carboxylic acids is 1. The fourth-order valence-electron chi connectivity index (χ4n) is 2.22. The van der Waals surface area contributed by atoms with E-state index in [1.165, 1.54) is 0 Å². The molecular weight excluding hydrogens is 224 g/mol. The Morgan fingerprint density at radius 1 is 1.56 bits per heavy atom. The smallest absolute Gasteiger partial charge is 0.240 e. The van der Waals surface area contributed by atoms with Gasteiger partial charge in [0, 0.05) is 24.7 Å². The van der Waals surface area contributed by atoms with Crippen LogP contribution >= 0.6 is 11.8 Å². The number of morpholine rings is 1. The molecule has 1 amide bonds. The Morgan fingerprint density at radius 2 is 2.38 bits per heavy atom. The van der Waals surface area contributed by atoms with Crippen LogP contribution in [0, 0.1) is 0 Å². The normalized spacial score (nSPS) is 35.4. The van der Waals surface area contributed by atoms with Gasteiger partial charge in [-0.15, -0.1) is 11.8 Å². The van der Waals surface area contributed by atoms with Crippen LogP contribution < -0.4 is 5.32 Å². The zero-order chi connectivity index (χ0) is 11.5. The summed E-state index contributed by atoms with van der Waals surface area (Å²) >= 11 is 1.79. The van der Waals surface area contributed by atoms with Crippen LogP contribution in [0.5, 0.6) is 0 Å². The van der Waals surface area contributed by atoms with Gasteiger partial charge in [0.2, 0.25) is 5.91 Å². The number of rotatable bonds is 2. The van der Waals surface area contributed by atoms with E-state index in [0.717, 1.165) is 31.1 Å². The third-order valence-electron chi connectivity index (χ3n) is 3.11. The second-order valence-electron chi connectivity index (χ2n) is 4.49. The van der Waals surface area contributed by atoms with Crippen molar-refractivity contribution in [2.45, 2.75) is 38.5 Å². The third kappa shape index (κ3) is 2.70. The van der Waals surface area contributed by atoms with Crippen molar-refractivity contribution < 1.29 is 9.53 Å². The third-order valence-corrected chi connectivity index (χ3v) is 4.05. The number of amides is 1. The lowest BCUT2D eigenvalue weighted by molar-refractivity contribution is -0.145. The summed E-state index contributed by atoms with van der Waals surface area (Å²) < 4.78 is 5.76. The molecule has 0 aromatic heterocycles. The van der Waals surface area contributed by atoms with Gasteiger partial charge in [0.1, 0.15) is 0 Å². The number of carbonyl (C=O) groups is 1. The Labute approximate surface area is 101 Å². The molecule has 1 N–H and O–H groups in total. The van der Waals surface area contributed by atoms with Gasteiger partial charge in [-0.3, -0.25) is 10.1 Å². The zero-order valence-electron chi connectivity index (χ0n) is 9.94. The first-order valence-electron chi connectivity index (χ1n) is 5.96. The number of ether oxygens (including phenoxy) is 1. The number of nitrogens with zero attached hydrogens (tertiary/aromatic N) is 1. The molecule has 2 fully saturated rings. The van der Waals surface area contributed by atoms with Crippen molar-refractivity contribution >= 4 is 17.7 Å². The predicted molar refractivity (Wildman–Crippen MR) is 65.5 cm³/mol. The standard InChI is InChI=1S/C11H20N2O2S/c1-3-9-5-13(4-8(2)15-9)11(14)10-6-16-7-12-10/h8-10,12H,3-7H2,1-2H3. The molecule has 0 aromatic rings. The van der Waals surface area contributed by atoms with Crippen molar-refractivity contribution in [3.8, 4) is 0 Å². The quantitative estimate of drug-likeness (QED) is 0.775. The molecule has 2 aliphatic rings. The lowest BCUT2D eigenvalue weighted by atomic mass is 10.1. The van der Waals surface area contributed by atoms with Crippen molar-refractivity contribution in [3.05, 3.63) is 0 Å². The average molecular weight is 244 g/mol. The van der Waals surface area contributed by atoms with Gasteiger partial charge in [0.25, 0.3) is 0 Å². The lowest BCUT2D eigenvalue weighted by Crippen LogP contribution is -2.54. The van der Waals surface area contributed by atoms with Crippen LogP contribution in [-0.2, 0) is 9.53 Å². The predicted octanol–water partition coefficient (Wildman–Crippen LogP) is 0.675. The molecule has 2 aliphatic heterocycles. The molecule has 0 radical (unpaired) electrons. The van der Waals surface area contributed by atoms with Crippen LogP contribution in [0.15, 0.2) is 0 Å². The Kier molecular flexibility index (Phi) is 4.10. The first-order chi connectivity index (χ1) is 7.70. The van der Waals surface area contributed by atoms with E-state index in [-0.39, 0.29) is 24.2 Å². The van der Waals surface area contributed by atoms with Crippen LogP contribution in [0.3, 0.4) is 0 Å². The minimum Gasteiger partial charge on any atom is -0.372 e. The summed E-state index contributed by atoms with van der Waals surface area (Å²) in [6, 6.07) is 0.0211. The van der Waals surface area contributed by atoms with Crippen LogP contribution in [0.25, 0.3) is 0 Å². The van der Waals surface area contributed by atoms with Crippen LogP contribution in [0.4, 0.5) is 0 Å². The van der Waals surface area contributed by atoms with Crippen LogP contribution in [-0.4, -0.2) is 53.8 Å². The molecule has 2 saturated heterocycles. The Hall–Kier alpha value is -0.260. The monoisotopic (exact) mass is 244 g/mol. The summed E-state index contributed by atoms with van der Waals surface area (Å²) in [7, 11) is 0. The molecule has 4 nitrogen and oxygen atoms in total. The molecule has 0 saturated carbocycles. The molecule has 0 spiro atoms. The van der Waals surface area contributed by atoms with E-state index in [0.29, 0.717) is 0 Å². The number of hydrogen-bond acceptors (Lipinski definition) is 4. The molecule has 16 heavy (non-hydrogen) atoms. The van der Waals surface area contributed by atoms with E-state index in [2.05, 4.69) is 12.2 Å². The Bertz CT molecular complexity index is 256. The summed E-state index contributed by atoms with van der Waals surface area (Å²) in [5, 5.41) is 3.23. The Morgan fingerprint density at radius 3 is 3.00 bits per heavy atom. The maximum Gasteiger partial charge on any atom is 0.240 e. The zero-order valence-corrected chi connectivity index (χ0v) is 10.8. The van der Waals surface area contributed by atoms with Gasteiger partial charge >= 0.3 is 0 Å². The van der Waals surface area contributed by atoms with Gasteiger partial charge in [0.15, 0.2) is 0 Å². The van der Waals surface area contributed by atoms with E-state index in [1.54, 1.807) is 11.8 Å². The highest BCUT2D eigenvalue weighted by Gasteiger charge is 2.32. The Balaban J connectivity index is 1.94. The van der Waals surface area contributed by atoms with E-state index in [1.807, 2.05) is 11.8 Å². The fraction of sp³-hybridized carbons (Fsp3) is 0.909. The van der Waals surface area contributed by atoms with Gasteiger partial charge in [-0.25, -0.2) is 0 Å². The highest BCUT2D eigenvalue weighted by Crippen LogP contribution is 2.17. The van der Waals surface area contributed by atoms with Crippen molar-refractivity contribution in [3.63, 3.8) is 0 Å². The highest BCUT2D eigenvalue weighted by molar-refractivity contribution is 7.99. The van der Waals surface area contributed by atoms with Crippen LogP contribution in [0.2, 0.25) is 0 Å².